The van der Waals surface area contributed by atoms with Gasteiger partial charge in [0.05, 0.1) is 5.69 Å². The normalized spacial score (nSPS) is 16.8. The van der Waals surface area contributed by atoms with E-state index in [0.29, 0.717) is 23.0 Å². The lowest BCUT2D eigenvalue weighted by atomic mass is 9.97. The van der Waals surface area contributed by atoms with Gasteiger partial charge in [-0.1, -0.05) is 24.3 Å². The molecule has 4 rings (SSSR count). The van der Waals surface area contributed by atoms with Crippen molar-refractivity contribution in [2.24, 2.45) is 0 Å². The number of benzene rings is 1. The number of fused-ring (bicyclic) bond motifs is 1. The quantitative estimate of drug-likeness (QED) is 0.649. The van der Waals surface area contributed by atoms with Gasteiger partial charge in [0.15, 0.2) is 0 Å². The highest BCUT2D eigenvalue weighted by atomic mass is 32.1. The molecule has 0 unspecified atom stereocenters. The van der Waals surface area contributed by atoms with E-state index >= 15 is 0 Å². The third-order valence-corrected chi connectivity index (χ3v) is 6.05. The van der Waals surface area contributed by atoms with Crippen molar-refractivity contribution < 1.29 is 4.79 Å². The summed E-state index contributed by atoms with van der Waals surface area (Å²) in [6, 6.07) is 12.5. The number of hydrogen-bond donors (Lipinski definition) is 3. The maximum absolute atomic E-state index is 12.4. The van der Waals surface area contributed by atoms with E-state index in [0.717, 1.165) is 29.7 Å². The smallest absolute Gasteiger partial charge is 0.263 e. The first-order valence-electron chi connectivity index (χ1n) is 8.93. The Bertz CT molecular complexity index is 913. The molecular weight excluding hydrogens is 344 g/mol. The summed E-state index contributed by atoms with van der Waals surface area (Å²) in [5.41, 5.74) is 9.25. The van der Waals surface area contributed by atoms with Crippen LogP contribution in [0, 0.1) is 0 Å². The molecule has 1 atom stereocenters. The van der Waals surface area contributed by atoms with E-state index in [9.17, 15) is 4.79 Å². The van der Waals surface area contributed by atoms with Crippen molar-refractivity contribution in [2.45, 2.75) is 18.8 Å². The monoisotopic (exact) mass is 366 g/mol. The lowest BCUT2D eigenvalue weighted by Gasteiger charge is -2.10. The number of amides is 1. The van der Waals surface area contributed by atoms with E-state index in [1.807, 2.05) is 12.1 Å². The van der Waals surface area contributed by atoms with E-state index in [-0.39, 0.29) is 5.91 Å². The summed E-state index contributed by atoms with van der Waals surface area (Å²) in [5.74, 6) is 0.507. The van der Waals surface area contributed by atoms with Crippen LogP contribution < -0.4 is 16.4 Å². The fraction of sp³-hybridized carbons (Fsp3) is 0.300. The van der Waals surface area contributed by atoms with Gasteiger partial charge < -0.3 is 16.4 Å². The minimum Gasteiger partial charge on any atom is -0.397 e. The zero-order valence-electron chi connectivity index (χ0n) is 14.5. The Balaban J connectivity index is 1.35. The van der Waals surface area contributed by atoms with Crippen molar-refractivity contribution in [3.8, 4) is 0 Å². The Hall–Kier alpha value is -2.44. The summed E-state index contributed by atoms with van der Waals surface area (Å²) >= 11 is 1.34. The number of anilines is 1. The molecule has 26 heavy (non-hydrogen) atoms. The Kier molecular flexibility index (Phi) is 4.86. The molecule has 1 fully saturated rings. The van der Waals surface area contributed by atoms with Gasteiger partial charge in [-0.2, -0.15) is 0 Å². The number of thiophene rings is 1. The van der Waals surface area contributed by atoms with Gasteiger partial charge >= 0.3 is 0 Å². The summed E-state index contributed by atoms with van der Waals surface area (Å²) in [4.78, 5) is 18.0. The second-order valence-corrected chi connectivity index (χ2v) is 7.64. The number of hydrogen-bond acceptors (Lipinski definition) is 5. The summed E-state index contributed by atoms with van der Waals surface area (Å²) in [6.45, 7) is 2.76. The number of rotatable bonds is 5. The van der Waals surface area contributed by atoms with Gasteiger partial charge in [0.2, 0.25) is 0 Å². The van der Waals surface area contributed by atoms with Crippen LogP contribution in [0.5, 0.6) is 0 Å². The number of nitrogens with one attached hydrogen (secondary N) is 2. The minimum atomic E-state index is -0.126. The first kappa shape index (κ1) is 17.0. The molecule has 2 aromatic heterocycles. The van der Waals surface area contributed by atoms with Gasteiger partial charge in [-0.25, -0.2) is 4.98 Å². The van der Waals surface area contributed by atoms with E-state index in [1.165, 1.54) is 28.9 Å². The number of nitrogens with zero attached hydrogens (tertiary/aromatic N) is 1. The highest BCUT2D eigenvalue weighted by Gasteiger charge is 2.17. The molecular formula is C20H22N4OS. The Morgan fingerprint density at radius 3 is 2.88 bits per heavy atom. The van der Waals surface area contributed by atoms with Gasteiger partial charge in [0.1, 0.15) is 9.71 Å². The van der Waals surface area contributed by atoms with E-state index in [2.05, 4.69) is 39.9 Å². The zero-order chi connectivity index (χ0) is 17.9. The molecule has 0 aliphatic carbocycles. The first-order chi connectivity index (χ1) is 12.7. The van der Waals surface area contributed by atoms with Crippen LogP contribution in [-0.2, 0) is 6.42 Å². The predicted octanol–water partition coefficient (Wildman–Crippen LogP) is 2.93. The van der Waals surface area contributed by atoms with Crippen LogP contribution in [0.3, 0.4) is 0 Å². The molecule has 1 saturated heterocycles. The summed E-state index contributed by atoms with van der Waals surface area (Å²) in [5, 5.41) is 7.22. The fourth-order valence-corrected chi connectivity index (χ4v) is 4.40. The van der Waals surface area contributed by atoms with Crippen LogP contribution in [0.15, 0.2) is 42.6 Å². The molecule has 3 heterocycles. The van der Waals surface area contributed by atoms with E-state index in [4.69, 9.17) is 5.73 Å². The minimum absolute atomic E-state index is 0.126. The number of nitrogens with two attached hydrogens (primary N) is 1. The molecule has 1 amide bonds. The molecule has 0 saturated carbocycles. The number of pyridine rings is 1. The summed E-state index contributed by atoms with van der Waals surface area (Å²) in [6.07, 6.45) is 3.73. The highest BCUT2D eigenvalue weighted by molar-refractivity contribution is 7.21. The van der Waals surface area contributed by atoms with Crippen LogP contribution >= 0.6 is 11.3 Å². The van der Waals surface area contributed by atoms with E-state index < -0.39 is 0 Å². The van der Waals surface area contributed by atoms with E-state index in [1.54, 1.807) is 6.20 Å². The topological polar surface area (TPSA) is 80.0 Å². The van der Waals surface area contributed by atoms with Crippen molar-refractivity contribution in [1.29, 1.82) is 0 Å². The van der Waals surface area contributed by atoms with Gasteiger partial charge in [-0.05, 0) is 48.6 Å². The zero-order valence-corrected chi connectivity index (χ0v) is 15.3. The molecule has 1 aliphatic heterocycles. The van der Waals surface area contributed by atoms with Crippen molar-refractivity contribution in [3.63, 3.8) is 0 Å². The molecule has 0 spiro atoms. The largest absolute Gasteiger partial charge is 0.397 e. The number of nitrogen functional groups attached to an aromatic ring is 1. The molecule has 134 valence electrons. The maximum atomic E-state index is 12.4. The number of aromatic nitrogens is 1. The van der Waals surface area contributed by atoms with Gasteiger partial charge in [0.25, 0.3) is 5.91 Å². The lowest BCUT2D eigenvalue weighted by molar-refractivity contribution is 0.0959. The SMILES string of the molecule is Nc1c(C(=O)NCCc2ccc([C@H]3CCNC3)cc2)sc2ncccc12. The standard InChI is InChI=1S/C20H22N4OS/c21-17-16-2-1-9-24-20(16)26-18(17)19(25)23-11-7-13-3-5-14(6-4-13)15-8-10-22-12-15/h1-6,9,15,22H,7-8,10-12,21H2,(H,23,25)/t15-/m0/s1. The van der Waals surface area contributed by atoms with Crippen molar-refractivity contribution in [1.82, 2.24) is 15.6 Å². The fourth-order valence-electron chi connectivity index (χ4n) is 3.42. The highest BCUT2D eigenvalue weighted by Crippen LogP contribution is 2.31. The molecule has 4 N–H and O–H groups in total. The number of carbonyl (C=O) groups is 1. The second-order valence-electron chi connectivity index (χ2n) is 6.64. The van der Waals surface area contributed by atoms with Crippen LogP contribution in [0.25, 0.3) is 10.2 Å². The van der Waals surface area contributed by atoms with Crippen LogP contribution in [0.4, 0.5) is 5.69 Å². The van der Waals surface area contributed by atoms with Crippen LogP contribution in [0.1, 0.15) is 33.1 Å². The van der Waals surface area contributed by atoms with Crippen LogP contribution in [-0.4, -0.2) is 30.5 Å². The van der Waals surface area contributed by atoms with Gasteiger partial charge in [0, 0.05) is 24.7 Å². The lowest BCUT2D eigenvalue weighted by Crippen LogP contribution is -2.25. The molecule has 5 nitrogen and oxygen atoms in total. The number of carbonyl (C=O) groups excluding carboxylic acids is 1. The van der Waals surface area contributed by atoms with Crippen molar-refractivity contribution in [2.75, 3.05) is 25.4 Å². The Morgan fingerprint density at radius 1 is 1.31 bits per heavy atom. The molecule has 1 aliphatic rings. The molecule has 3 aromatic rings. The Morgan fingerprint density at radius 2 is 2.15 bits per heavy atom. The molecule has 0 radical (unpaired) electrons. The predicted molar refractivity (Wildman–Crippen MR) is 107 cm³/mol. The summed E-state index contributed by atoms with van der Waals surface area (Å²) in [7, 11) is 0. The van der Waals surface area contributed by atoms with Gasteiger partial charge in [-0.15, -0.1) is 11.3 Å². The van der Waals surface area contributed by atoms with Crippen molar-refractivity contribution in [3.05, 3.63) is 58.6 Å². The van der Waals surface area contributed by atoms with Crippen LogP contribution in [0.2, 0.25) is 0 Å². The molecule has 0 bridgehead atoms. The Labute approximate surface area is 156 Å². The molecule has 1 aromatic carbocycles. The molecule has 6 heteroatoms. The average Bonchev–Trinajstić information content (AvgIpc) is 3.31. The first-order valence-corrected chi connectivity index (χ1v) is 9.75. The van der Waals surface area contributed by atoms with Gasteiger partial charge in [-0.3, -0.25) is 4.79 Å². The maximum Gasteiger partial charge on any atom is 0.263 e. The third-order valence-electron chi connectivity index (χ3n) is 4.92. The summed E-state index contributed by atoms with van der Waals surface area (Å²) < 4.78 is 0. The second kappa shape index (κ2) is 7.43. The van der Waals surface area contributed by atoms with Crippen molar-refractivity contribution >= 4 is 33.1 Å². The third kappa shape index (κ3) is 3.43. The average molecular weight is 366 g/mol.